The van der Waals surface area contributed by atoms with E-state index >= 15 is 0 Å². The van der Waals surface area contributed by atoms with Gasteiger partial charge in [0.05, 0.1) is 6.61 Å². The monoisotopic (exact) mass is 216 g/mol. The van der Waals surface area contributed by atoms with E-state index in [1.54, 1.807) is 0 Å². The second-order valence-electron chi connectivity index (χ2n) is 1.77. The Hall–Kier alpha value is -0.100. The summed E-state index contributed by atoms with van der Waals surface area (Å²) < 4.78 is 4.29. The first-order valence-corrected chi connectivity index (χ1v) is 3.50. The molecule has 5 nitrogen and oxygen atoms in total. The summed E-state index contributed by atoms with van der Waals surface area (Å²) in [6.07, 6.45) is 0. The van der Waals surface area contributed by atoms with Crippen molar-refractivity contribution < 1.29 is 53.8 Å². The van der Waals surface area contributed by atoms with Crippen LogP contribution in [0.5, 0.6) is 0 Å². The molecule has 68 valence electrons. The molecule has 0 heterocycles. The van der Waals surface area contributed by atoms with Crippen molar-refractivity contribution in [3.8, 4) is 0 Å². The van der Waals surface area contributed by atoms with Gasteiger partial charge in [-0.1, -0.05) is 0 Å². The van der Waals surface area contributed by atoms with Gasteiger partial charge in [-0.25, -0.2) is 4.79 Å². The topological polar surface area (TPSA) is 83.5 Å². The van der Waals surface area contributed by atoms with Crippen molar-refractivity contribution in [3.05, 3.63) is 0 Å². The first kappa shape index (κ1) is 15.4. The second-order valence-corrected chi connectivity index (χ2v) is 2.20. The van der Waals surface area contributed by atoms with Gasteiger partial charge < -0.3 is 14.6 Å². The van der Waals surface area contributed by atoms with Gasteiger partial charge >= 0.3 is 35.5 Å². The molecule has 0 saturated carbocycles. The van der Waals surface area contributed by atoms with Crippen LogP contribution in [-0.2, 0) is 19.1 Å². The van der Waals surface area contributed by atoms with Crippen LogP contribution in [0.15, 0.2) is 0 Å². The van der Waals surface area contributed by atoms with E-state index < -0.39 is 23.1 Å². The minimum atomic E-state index is -2.00. The Bertz CT molecular complexity index is 217. The number of halogens is 1. The van der Waals surface area contributed by atoms with E-state index in [4.69, 9.17) is 11.6 Å². The third-order valence-electron chi connectivity index (χ3n) is 0.925. The molecule has 7 heteroatoms. The van der Waals surface area contributed by atoms with Gasteiger partial charge in [-0.3, -0.25) is 4.79 Å². The van der Waals surface area contributed by atoms with Crippen molar-refractivity contribution in [2.24, 2.45) is 0 Å². The number of rotatable bonds is 4. The van der Waals surface area contributed by atoms with Crippen molar-refractivity contribution in [1.82, 2.24) is 0 Å². The van der Waals surface area contributed by atoms with Crippen molar-refractivity contribution in [2.75, 3.05) is 6.61 Å². The number of carboxylic acid groups (broad SMARTS) is 1. The summed E-state index contributed by atoms with van der Waals surface area (Å²) >= 11 is 5.11. The first-order valence-electron chi connectivity index (χ1n) is 3.06. The summed E-state index contributed by atoms with van der Waals surface area (Å²) in [5.41, 5.74) is 0. The van der Waals surface area contributed by atoms with Crippen LogP contribution in [0.1, 0.15) is 6.92 Å². The van der Waals surface area contributed by atoms with Crippen LogP contribution in [-0.4, -0.2) is 29.7 Å². The summed E-state index contributed by atoms with van der Waals surface area (Å²) in [5, 5.41) is 8.09. The first-order chi connectivity index (χ1) is 5.50. The molecule has 0 aromatic rings. The molecule has 0 aliphatic rings. The van der Waals surface area contributed by atoms with E-state index in [-0.39, 0.29) is 36.2 Å². The van der Waals surface area contributed by atoms with Crippen LogP contribution < -0.4 is 34.7 Å². The van der Waals surface area contributed by atoms with Crippen LogP contribution in [0.2, 0.25) is 0 Å². The zero-order valence-corrected chi connectivity index (χ0v) is 9.96. The number of Topliss-reactive ketones (excluding diaryl/α,β-unsaturated/α-hetero) is 1. The normalized spacial score (nSPS) is 10.9. The number of ether oxygens (including phenoxy) is 1. The second kappa shape index (κ2) is 7.32. The van der Waals surface area contributed by atoms with Crippen molar-refractivity contribution in [1.29, 1.82) is 0 Å². The Morgan fingerprint density at radius 2 is 1.92 bits per heavy atom. The Kier molecular flexibility index (Phi) is 8.65. The van der Waals surface area contributed by atoms with Gasteiger partial charge in [0.25, 0.3) is 0 Å². The number of aliphatic carboxylic acids is 1. The number of hydrogen-bond donors (Lipinski definition) is 0. The molecule has 0 rings (SSSR count). The fraction of sp³-hybridized carbons (Fsp3) is 0.500. The standard InChI is InChI=1S/C6H7ClO5.Na/c1-2-12-6(11)3(7)4(8)5(9)10;/h3H,2H2,1H3,(H,9,10);/q;+1/p-1. The Labute approximate surface area is 102 Å². The van der Waals surface area contributed by atoms with Crippen LogP contribution in [0.4, 0.5) is 0 Å². The largest absolute Gasteiger partial charge is 1.00 e. The van der Waals surface area contributed by atoms with E-state index in [2.05, 4.69) is 4.74 Å². The summed E-state index contributed by atoms with van der Waals surface area (Å²) in [6.45, 7) is 1.54. The summed E-state index contributed by atoms with van der Waals surface area (Å²) in [7, 11) is 0. The Morgan fingerprint density at radius 1 is 1.46 bits per heavy atom. The maximum absolute atomic E-state index is 10.6. The van der Waals surface area contributed by atoms with Gasteiger partial charge in [-0.2, -0.15) is 0 Å². The SMILES string of the molecule is CCOC(=O)C(Cl)C(=O)C(=O)[O-].[Na+]. The quantitative estimate of drug-likeness (QED) is 0.155. The maximum Gasteiger partial charge on any atom is 1.00 e. The molecule has 13 heavy (non-hydrogen) atoms. The van der Waals surface area contributed by atoms with Gasteiger partial charge in [0.1, 0.15) is 5.97 Å². The number of hydrogen-bond acceptors (Lipinski definition) is 5. The molecule has 0 radical (unpaired) electrons. The summed E-state index contributed by atoms with van der Waals surface area (Å²) in [6, 6.07) is 0. The maximum atomic E-state index is 10.6. The van der Waals surface area contributed by atoms with Crippen molar-refractivity contribution >= 4 is 29.3 Å². The fourth-order valence-electron chi connectivity index (χ4n) is 0.426. The van der Waals surface area contributed by atoms with E-state index in [1.807, 2.05) is 0 Å². The number of carbonyl (C=O) groups is 3. The molecule has 0 aliphatic heterocycles. The average Bonchev–Trinajstić information content (AvgIpc) is 2.02. The molecular formula is C6H6ClNaO5. The molecule has 0 spiro atoms. The molecule has 0 aromatic heterocycles. The van der Waals surface area contributed by atoms with Crippen LogP contribution in [0.3, 0.4) is 0 Å². The zero-order chi connectivity index (χ0) is 9.72. The number of carboxylic acids is 1. The predicted octanol–water partition coefficient (Wildman–Crippen LogP) is -4.52. The summed E-state index contributed by atoms with van der Waals surface area (Å²) in [5.74, 6) is -4.56. The minimum Gasteiger partial charge on any atom is -0.542 e. The fourth-order valence-corrected chi connectivity index (χ4v) is 0.578. The Morgan fingerprint density at radius 3 is 2.23 bits per heavy atom. The molecule has 0 aromatic carbocycles. The Balaban J connectivity index is 0. The molecular weight excluding hydrogens is 211 g/mol. The third-order valence-corrected chi connectivity index (χ3v) is 1.30. The van der Waals surface area contributed by atoms with E-state index in [1.165, 1.54) is 6.92 Å². The minimum absolute atomic E-state index is 0. The number of esters is 1. The van der Waals surface area contributed by atoms with E-state index in [9.17, 15) is 19.5 Å². The van der Waals surface area contributed by atoms with Gasteiger partial charge in [-0.15, -0.1) is 11.6 Å². The summed E-state index contributed by atoms with van der Waals surface area (Å²) in [4.78, 5) is 31.0. The average molecular weight is 217 g/mol. The third kappa shape index (κ3) is 5.25. The molecule has 0 aliphatic carbocycles. The van der Waals surface area contributed by atoms with Crippen molar-refractivity contribution in [2.45, 2.75) is 12.3 Å². The molecule has 1 atom stereocenters. The molecule has 0 bridgehead atoms. The van der Waals surface area contributed by atoms with Crippen LogP contribution in [0, 0.1) is 0 Å². The molecule has 0 fully saturated rings. The molecule has 0 N–H and O–H groups in total. The molecule has 1 unspecified atom stereocenters. The van der Waals surface area contributed by atoms with Gasteiger partial charge in [0.15, 0.2) is 5.38 Å². The van der Waals surface area contributed by atoms with Gasteiger partial charge in [0.2, 0.25) is 5.78 Å². The van der Waals surface area contributed by atoms with Crippen LogP contribution in [0.25, 0.3) is 0 Å². The zero-order valence-electron chi connectivity index (χ0n) is 7.20. The predicted molar refractivity (Wildman–Crippen MR) is 36.3 cm³/mol. The number of carbonyl (C=O) groups excluding carboxylic acids is 3. The smallest absolute Gasteiger partial charge is 0.542 e. The van der Waals surface area contributed by atoms with Gasteiger partial charge in [0, 0.05) is 0 Å². The van der Waals surface area contributed by atoms with Gasteiger partial charge in [-0.05, 0) is 6.92 Å². The van der Waals surface area contributed by atoms with Crippen LogP contribution >= 0.6 is 11.6 Å². The van der Waals surface area contributed by atoms with E-state index in [0.717, 1.165) is 0 Å². The number of ketones is 1. The number of alkyl halides is 1. The molecule has 0 saturated heterocycles. The molecule has 0 amide bonds. The van der Waals surface area contributed by atoms with E-state index in [0.29, 0.717) is 0 Å². The van der Waals surface area contributed by atoms with Crippen molar-refractivity contribution in [3.63, 3.8) is 0 Å².